The number of benzene rings is 2. The van der Waals surface area contributed by atoms with Gasteiger partial charge in [-0.1, -0.05) is 24.8 Å². The summed E-state index contributed by atoms with van der Waals surface area (Å²) in [5.74, 6) is 2.07. The third kappa shape index (κ3) is 5.17. The van der Waals surface area contributed by atoms with Crippen molar-refractivity contribution in [2.24, 2.45) is 0 Å². The second-order valence-electron chi connectivity index (χ2n) is 7.72. The van der Waals surface area contributed by atoms with Crippen LogP contribution in [-0.2, 0) is 4.79 Å². The number of anilines is 2. The Hall–Kier alpha value is -4.20. The van der Waals surface area contributed by atoms with E-state index >= 15 is 0 Å². The van der Waals surface area contributed by atoms with Crippen LogP contribution in [0.2, 0.25) is 0 Å². The van der Waals surface area contributed by atoms with E-state index in [0.29, 0.717) is 47.9 Å². The standard InChI is InChI=1S/C25H26N6O2/c1-17-6-5-14-31(25(17)32)15-13-28-24-21(23(27)29-16-30-24)22(26)18-9-11-20(12-10-18)33-19-7-3-2-4-8-19/h2-4,7-12,16,26H,1,5-6,13-15H2,(H3,27,28,29,30). The molecule has 8 heteroatoms. The topological polar surface area (TPSA) is 117 Å². The lowest BCUT2D eigenvalue weighted by Gasteiger charge is -2.28. The van der Waals surface area contributed by atoms with Crippen LogP contribution in [0.3, 0.4) is 0 Å². The van der Waals surface area contributed by atoms with Gasteiger partial charge in [0.25, 0.3) is 0 Å². The summed E-state index contributed by atoms with van der Waals surface area (Å²) in [6.45, 7) is 5.54. The Labute approximate surface area is 192 Å². The molecule has 1 saturated heterocycles. The number of ether oxygens (including phenoxy) is 1. The van der Waals surface area contributed by atoms with Gasteiger partial charge in [-0.25, -0.2) is 9.97 Å². The second kappa shape index (κ2) is 9.95. The summed E-state index contributed by atoms with van der Waals surface area (Å²) in [5, 5.41) is 11.9. The third-order valence-corrected chi connectivity index (χ3v) is 5.42. The largest absolute Gasteiger partial charge is 0.457 e. The summed E-state index contributed by atoms with van der Waals surface area (Å²) < 4.78 is 5.82. The highest BCUT2D eigenvalue weighted by Crippen LogP contribution is 2.25. The van der Waals surface area contributed by atoms with E-state index in [4.69, 9.17) is 15.9 Å². The minimum atomic E-state index is -0.00368. The average molecular weight is 443 g/mol. The number of aromatic nitrogens is 2. The Morgan fingerprint density at radius 1 is 1.12 bits per heavy atom. The maximum Gasteiger partial charge on any atom is 0.249 e. The number of nitrogens with two attached hydrogens (primary N) is 1. The lowest BCUT2D eigenvalue weighted by molar-refractivity contribution is -0.128. The number of likely N-dealkylation sites (tertiary alicyclic amines) is 1. The van der Waals surface area contributed by atoms with Crippen molar-refractivity contribution in [2.75, 3.05) is 30.7 Å². The van der Waals surface area contributed by atoms with E-state index in [1.807, 2.05) is 30.3 Å². The third-order valence-electron chi connectivity index (χ3n) is 5.42. The van der Waals surface area contributed by atoms with Crippen molar-refractivity contribution >= 4 is 23.3 Å². The lowest BCUT2D eigenvalue weighted by atomic mass is 10.0. The highest BCUT2D eigenvalue weighted by Gasteiger charge is 2.21. The minimum absolute atomic E-state index is 0.00368. The molecule has 1 fully saturated rings. The van der Waals surface area contributed by atoms with Gasteiger partial charge in [-0.15, -0.1) is 0 Å². The zero-order valence-corrected chi connectivity index (χ0v) is 18.3. The van der Waals surface area contributed by atoms with Gasteiger partial charge >= 0.3 is 0 Å². The van der Waals surface area contributed by atoms with Crippen LogP contribution in [0.25, 0.3) is 0 Å². The fourth-order valence-corrected chi connectivity index (χ4v) is 3.68. The van der Waals surface area contributed by atoms with Gasteiger partial charge in [0.2, 0.25) is 5.91 Å². The van der Waals surface area contributed by atoms with Gasteiger partial charge < -0.3 is 20.7 Å². The molecule has 2 heterocycles. The van der Waals surface area contributed by atoms with Gasteiger partial charge in [0, 0.05) is 30.8 Å². The number of carbonyl (C=O) groups is 1. The second-order valence-corrected chi connectivity index (χ2v) is 7.72. The monoisotopic (exact) mass is 442 g/mol. The van der Waals surface area contributed by atoms with Crippen LogP contribution in [0.4, 0.5) is 11.6 Å². The van der Waals surface area contributed by atoms with Crippen molar-refractivity contribution in [3.63, 3.8) is 0 Å². The summed E-state index contributed by atoms with van der Waals surface area (Å²) in [7, 11) is 0. The molecule has 0 saturated carbocycles. The molecule has 0 spiro atoms. The van der Waals surface area contributed by atoms with Crippen molar-refractivity contribution in [3.05, 3.63) is 84.2 Å². The van der Waals surface area contributed by atoms with Crippen LogP contribution in [0.15, 0.2) is 73.1 Å². The number of nitrogens with one attached hydrogen (secondary N) is 2. The molecule has 3 aromatic rings. The summed E-state index contributed by atoms with van der Waals surface area (Å²) in [5.41, 5.74) is 8.04. The van der Waals surface area contributed by atoms with E-state index in [9.17, 15) is 4.79 Å². The molecule has 168 valence electrons. The SMILES string of the molecule is C=C1CCCN(CCNc2ncnc(N)c2C(=N)c2ccc(Oc3ccccc3)cc2)C1=O. The van der Waals surface area contributed by atoms with Crippen LogP contribution in [0.1, 0.15) is 24.0 Å². The van der Waals surface area contributed by atoms with E-state index in [1.54, 1.807) is 29.2 Å². The molecule has 0 unspecified atom stereocenters. The van der Waals surface area contributed by atoms with Crippen molar-refractivity contribution in [1.82, 2.24) is 14.9 Å². The number of nitrogens with zero attached hydrogens (tertiary/aromatic N) is 3. The predicted molar refractivity (Wildman–Crippen MR) is 129 cm³/mol. The molecule has 1 aliphatic heterocycles. The van der Waals surface area contributed by atoms with Gasteiger partial charge in [-0.05, 0) is 49.2 Å². The molecule has 8 nitrogen and oxygen atoms in total. The number of nitrogen functional groups attached to an aromatic ring is 1. The molecule has 1 amide bonds. The molecular weight excluding hydrogens is 416 g/mol. The molecule has 1 aliphatic rings. The first kappa shape index (κ1) is 22.0. The van der Waals surface area contributed by atoms with Crippen molar-refractivity contribution in [3.8, 4) is 11.5 Å². The summed E-state index contributed by atoms with van der Waals surface area (Å²) in [4.78, 5) is 22.4. The van der Waals surface area contributed by atoms with Crippen LogP contribution in [-0.4, -0.2) is 46.1 Å². The molecular formula is C25H26N6O2. The maximum atomic E-state index is 12.2. The van der Waals surface area contributed by atoms with Gasteiger partial charge in [0.05, 0.1) is 11.3 Å². The first-order valence-electron chi connectivity index (χ1n) is 10.8. The number of rotatable bonds is 8. The van der Waals surface area contributed by atoms with E-state index in [0.717, 1.165) is 18.6 Å². The van der Waals surface area contributed by atoms with Crippen molar-refractivity contribution < 1.29 is 9.53 Å². The summed E-state index contributed by atoms with van der Waals surface area (Å²) in [6, 6.07) is 16.7. The smallest absolute Gasteiger partial charge is 0.249 e. The molecule has 4 rings (SSSR count). The van der Waals surface area contributed by atoms with Crippen LogP contribution < -0.4 is 15.8 Å². The lowest BCUT2D eigenvalue weighted by Crippen LogP contribution is -2.39. The molecule has 2 aromatic carbocycles. The summed E-state index contributed by atoms with van der Waals surface area (Å²) >= 11 is 0. The van der Waals surface area contributed by atoms with E-state index in [2.05, 4.69) is 21.9 Å². The molecule has 0 bridgehead atoms. The Bertz CT molecular complexity index is 1160. The van der Waals surface area contributed by atoms with E-state index in [1.165, 1.54) is 6.33 Å². The highest BCUT2D eigenvalue weighted by molar-refractivity contribution is 6.16. The van der Waals surface area contributed by atoms with Crippen molar-refractivity contribution in [2.45, 2.75) is 12.8 Å². The van der Waals surface area contributed by atoms with Gasteiger partial charge in [0.15, 0.2) is 0 Å². The predicted octanol–water partition coefficient (Wildman–Crippen LogP) is 3.86. The average Bonchev–Trinajstić information content (AvgIpc) is 2.83. The number of carbonyl (C=O) groups excluding carboxylic acids is 1. The Balaban J connectivity index is 1.45. The first-order chi connectivity index (χ1) is 16.0. The Kier molecular flexibility index (Phi) is 6.64. The molecule has 0 atom stereocenters. The van der Waals surface area contributed by atoms with Gasteiger partial charge in [0.1, 0.15) is 29.5 Å². The van der Waals surface area contributed by atoms with Gasteiger partial charge in [-0.3, -0.25) is 10.2 Å². The minimum Gasteiger partial charge on any atom is -0.457 e. The fraction of sp³-hybridized carbons (Fsp3) is 0.200. The Morgan fingerprint density at radius 2 is 1.85 bits per heavy atom. The molecule has 0 radical (unpaired) electrons. The zero-order chi connectivity index (χ0) is 23.2. The van der Waals surface area contributed by atoms with Crippen molar-refractivity contribution in [1.29, 1.82) is 5.41 Å². The first-order valence-corrected chi connectivity index (χ1v) is 10.8. The molecule has 4 N–H and O–H groups in total. The number of hydrogen-bond donors (Lipinski definition) is 3. The Morgan fingerprint density at radius 3 is 2.61 bits per heavy atom. The van der Waals surface area contributed by atoms with Crippen LogP contribution >= 0.6 is 0 Å². The molecule has 33 heavy (non-hydrogen) atoms. The van der Waals surface area contributed by atoms with Crippen LogP contribution in [0, 0.1) is 5.41 Å². The normalized spacial score (nSPS) is 13.6. The van der Waals surface area contributed by atoms with E-state index in [-0.39, 0.29) is 17.4 Å². The number of hydrogen-bond acceptors (Lipinski definition) is 7. The summed E-state index contributed by atoms with van der Waals surface area (Å²) in [6.07, 6.45) is 3.03. The number of amides is 1. The zero-order valence-electron chi connectivity index (χ0n) is 18.3. The fourth-order valence-electron chi connectivity index (χ4n) is 3.68. The maximum absolute atomic E-state index is 12.2. The number of piperidine rings is 1. The van der Waals surface area contributed by atoms with Crippen LogP contribution in [0.5, 0.6) is 11.5 Å². The number of para-hydroxylation sites is 1. The van der Waals surface area contributed by atoms with E-state index < -0.39 is 0 Å². The highest BCUT2D eigenvalue weighted by atomic mass is 16.5. The molecule has 0 aliphatic carbocycles. The quantitative estimate of drug-likeness (QED) is 0.360. The van der Waals surface area contributed by atoms with Gasteiger partial charge in [-0.2, -0.15) is 0 Å². The molecule has 1 aromatic heterocycles.